The van der Waals surface area contributed by atoms with Crippen molar-refractivity contribution in [3.05, 3.63) is 18.2 Å². The van der Waals surface area contributed by atoms with Crippen molar-refractivity contribution in [2.24, 2.45) is 0 Å². The van der Waals surface area contributed by atoms with Crippen LogP contribution in [0, 0.1) is 0 Å². The second-order valence-electron chi connectivity index (χ2n) is 3.41. The van der Waals surface area contributed by atoms with Crippen LogP contribution >= 0.6 is 0 Å². The summed E-state index contributed by atoms with van der Waals surface area (Å²) in [6.45, 7) is 6.56. The lowest BCUT2D eigenvalue weighted by Crippen LogP contribution is -2.30. The van der Waals surface area contributed by atoms with Gasteiger partial charge in [-0.1, -0.05) is 13.8 Å². The molecule has 2 unspecified atom stereocenters. The molecule has 2 N–H and O–H groups in total. The minimum absolute atomic E-state index is 0.366. The highest BCUT2D eigenvalue weighted by Gasteiger charge is 2.12. The van der Waals surface area contributed by atoms with E-state index in [0.717, 1.165) is 18.7 Å². The van der Waals surface area contributed by atoms with Gasteiger partial charge < -0.3 is 10.3 Å². The second kappa shape index (κ2) is 5.02. The molecule has 3 heteroatoms. The third-order valence-corrected chi connectivity index (χ3v) is 2.36. The van der Waals surface area contributed by atoms with Gasteiger partial charge in [0.05, 0.1) is 6.04 Å². The van der Waals surface area contributed by atoms with Gasteiger partial charge in [0.2, 0.25) is 0 Å². The second-order valence-corrected chi connectivity index (χ2v) is 3.41. The number of H-pyrrole nitrogens is 1. The highest BCUT2D eigenvalue weighted by atomic mass is 15.0. The van der Waals surface area contributed by atoms with E-state index in [1.165, 1.54) is 0 Å². The molecule has 1 rings (SSSR count). The van der Waals surface area contributed by atoms with Gasteiger partial charge in [-0.15, -0.1) is 0 Å². The van der Waals surface area contributed by atoms with Crippen LogP contribution in [0.15, 0.2) is 12.4 Å². The lowest BCUT2D eigenvalue weighted by Gasteiger charge is -2.19. The predicted octanol–water partition coefficient (Wildman–Crippen LogP) is 2.25. The highest BCUT2D eigenvalue weighted by Crippen LogP contribution is 2.12. The van der Waals surface area contributed by atoms with Crippen LogP contribution in [0.1, 0.15) is 45.5 Å². The number of aromatic amines is 1. The number of rotatable bonds is 5. The first-order valence-corrected chi connectivity index (χ1v) is 5.03. The molecule has 0 aliphatic carbocycles. The number of hydrogen-bond donors (Lipinski definition) is 2. The van der Waals surface area contributed by atoms with E-state index >= 15 is 0 Å². The summed E-state index contributed by atoms with van der Waals surface area (Å²) in [5, 5.41) is 3.52. The average Bonchev–Trinajstić information content (AvgIpc) is 2.66. The van der Waals surface area contributed by atoms with Gasteiger partial charge in [0.25, 0.3) is 0 Å². The van der Waals surface area contributed by atoms with Crippen molar-refractivity contribution in [1.82, 2.24) is 15.3 Å². The van der Waals surface area contributed by atoms with Crippen LogP contribution in [0.3, 0.4) is 0 Å². The first-order chi connectivity index (χ1) is 6.27. The first kappa shape index (κ1) is 10.3. The number of aromatic nitrogens is 2. The van der Waals surface area contributed by atoms with E-state index in [1.807, 2.05) is 6.20 Å². The maximum absolute atomic E-state index is 4.26. The van der Waals surface area contributed by atoms with Crippen LogP contribution in [-0.4, -0.2) is 16.0 Å². The molecule has 1 aromatic rings. The summed E-state index contributed by atoms with van der Waals surface area (Å²) >= 11 is 0. The van der Waals surface area contributed by atoms with Gasteiger partial charge in [0.15, 0.2) is 0 Å². The zero-order valence-electron chi connectivity index (χ0n) is 8.67. The van der Waals surface area contributed by atoms with E-state index < -0.39 is 0 Å². The summed E-state index contributed by atoms with van der Waals surface area (Å²) < 4.78 is 0. The molecule has 0 fully saturated rings. The van der Waals surface area contributed by atoms with Crippen molar-refractivity contribution in [2.45, 2.75) is 45.7 Å². The third-order valence-electron chi connectivity index (χ3n) is 2.36. The quantitative estimate of drug-likeness (QED) is 0.731. The predicted molar refractivity (Wildman–Crippen MR) is 54.5 cm³/mol. The van der Waals surface area contributed by atoms with Crippen LogP contribution in [0.25, 0.3) is 0 Å². The fourth-order valence-electron chi connectivity index (χ4n) is 1.32. The van der Waals surface area contributed by atoms with Crippen LogP contribution in [0.5, 0.6) is 0 Å². The molecular weight excluding hydrogens is 162 g/mol. The number of hydrogen-bond acceptors (Lipinski definition) is 2. The molecule has 0 aromatic carbocycles. The molecule has 1 heterocycles. The van der Waals surface area contributed by atoms with Gasteiger partial charge >= 0.3 is 0 Å². The maximum Gasteiger partial charge on any atom is 0.123 e. The van der Waals surface area contributed by atoms with Crippen molar-refractivity contribution in [2.75, 3.05) is 0 Å². The first-order valence-electron chi connectivity index (χ1n) is 5.03. The summed E-state index contributed by atoms with van der Waals surface area (Å²) in [6, 6.07) is 0.917. The number of imidazole rings is 1. The highest BCUT2D eigenvalue weighted by molar-refractivity contribution is 4.95. The molecule has 0 amide bonds. The summed E-state index contributed by atoms with van der Waals surface area (Å²) in [6.07, 6.45) is 5.89. The Balaban J connectivity index is 2.53. The van der Waals surface area contributed by atoms with E-state index in [0.29, 0.717) is 12.1 Å². The smallest absolute Gasteiger partial charge is 0.123 e. The SMILES string of the molecule is CCC(C)NC(CC)c1ncc[nH]1. The van der Waals surface area contributed by atoms with Gasteiger partial charge in [-0.05, 0) is 19.8 Å². The summed E-state index contributed by atoms with van der Waals surface area (Å²) in [5.41, 5.74) is 0. The molecule has 74 valence electrons. The molecule has 2 atom stereocenters. The van der Waals surface area contributed by atoms with E-state index in [2.05, 4.69) is 36.1 Å². The molecule has 1 aromatic heterocycles. The molecule has 3 nitrogen and oxygen atoms in total. The topological polar surface area (TPSA) is 40.7 Å². The van der Waals surface area contributed by atoms with Crippen molar-refractivity contribution < 1.29 is 0 Å². The monoisotopic (exact) mass is 181 g/mol. The van der Waals surface area contributed by atoms with Gasteiger partial charge in [-0.3, -0.25) is 0 Å². The van der Waals surface area contributed by atoms with Gasteiger partial charge in [0, 0.05) is 18.4 Å². The fraction of sp³-hybridized carbons (Fsp3) is 0.700. The zero-order chi connectivity index (χ0) is 9.68. The average molecular weight is 181 g/mol. The van der Waals surface area contributed by atoms with E-state index in [9.17, 15) is 0 Å². The number of nitrogens with one attached hydrogen (secondary N) is 2. The summed E-state index contributed by atoms with van der Waals surface area (Å²) in [4.78, 5) is 7.40. The Labute approximate surface area is 80.0 Å². The Kier molecular flexibility index (Phi) is 3.96. The van der Waals surface area contributed by atoms with Crippen molar-refractivity contribution in [1.29, 1.82) is 0 Å². The van der Waals surface area contributed by atoms with E-state index in [4.69, 9.17) is 0 Å². The van der Waals surface area contributed by atoms with Crippen molar-refractivity contribution in [3.63, 3.8) is 0 Å². The molecule has 0 saturated carbocycles. The lowest BCUT2D eigenvalue weighted by atomic mass is 10.1. The Morgan fingerprint density at radius 1 is 1.46 bits per heavy atom. The van der Waals surface area contributed by atoms with Crippen LogP contribution in [-0.2, 0) is 0 Å². The third kappa shape index (κ3) is 2.84. The van der Waals surface area contributed by atoms with Crippen LogP contribution in [0.4, 0.5) is 0 Å². The Hall–Kier alpha value is -0.830. The van der Waals surface area contributed by atoms with E-state index in [-0.39, 0.29) is 0 Å². The Morgan fingerprint density at radius 2 is 2.23 bits per heavy atom. The van der Waals surface area contributed by atoms with Gasteiger partial charge in [-0.2, -0.15) is 0 Å². The van der Waals surface area contributed by atoms with Crippen molar-refractivity contribution in [3.8, 4) is 0 Å². The summed E-state index contributed by atoms with van der Waals surface area (Å²) in [5.74, 6) is 1.04. The minimum Gasteiger partial charge on any atom is -0.347 e. The number of nitrogens with zero attached hydrogens (tertiary/aromatic N) is 1. The minimum atomic E-state index is 0.366. The van der Waals surface area contributed by atoms with Crippen LogP contribution in [0.2, 0.25) is 0 Å². The Morgan fingerprint density at radius 3 is 2.69 bits per heavy atom. The Bertz CT molecular complexity index is 218. The molecule has 0 aliphatic rings. The molecule has 13 heavy (non-hydrogen) atoms. The normalized spacial score (nSPS) is 15.6. The maximum atomic E-state index is 4.26. The largest absolute Gasteiger partial charge is 0.347 e. The van der Waals surface area contributed by atoms with E-state index in [1.54, 1.807) is 6.20 Å². The lowest BCUT2D eigenvalue weighted by molar-refractivity contribution is 0.424. The molecule has 0 radical (unpaired) electrons. The zero-order valence-corrected chi connectivity index (χ0v) is 8.67. The molecule has 0 bridgehead atoms. The van der Waals surface area contributed by atoms with Crippen LogP contribution < -0.4 is 5.32 Å². The molecule has 0 aliphatic heterocycles. The molecule has 0 spiro atoms. The van der Waals surface area contributed by atoms with Crippen molar-refractivity contribution >= 4 is 0 Å². The fourth-order valence-corrected chi connectivity index (χ4v) is 1.32. The molecular formula is C10H19N3. The van der Waals surface area contributed by atoms with Gasteiger partial charge in [0.1, 0.15) is 5.82 Å². The van der Waals surface area contributed by atoms with Gasteiger partial charge in [-0.25, -0.2) is 4.98 Å². The molecule has 0 saturated heterocycles. The standard InChI is InChI=1S/C10H19N3/c1-4-8(3)13-9(5-2)10-11-6-7-12-10/h6-9,13H,4-5H2,1-3H3,(H,11,12). The summed E-state index contributed by atoms with van der Waals surface area (Å²) in [7, 11) is 0.